The maximum atomic E-state index is 11.6. The highest BCUT2D eigenvalue weighted by molar-refractivity contribution is 5.93. The van der Waals surface area contributed by atoms with Crippen molar-refractivity contribution >= 4 is 23.2 Å². The van der Waals surface area contributed by atoms with Crippen molar-refractivity contribution < 1.29 is 14.3 Å². The van der Waals surface area contributed by atoms with Crippen molar-refractivity contribution in [3.05, 3.63) is 24.3 Å². The number of nitrogens with one attached hydrogen (secondary N) is 3. The van der Waals surface area contributed by atoms with Gasteiger partial charge in [-0.05, 0) is 30.8 Å². The van der Waals surface area contributed by atoms with Crippen molar-refractivity contribution in [3.63, 3.8) is 0 Å². The normalized spacial score (nSPS) is 10.1. The van der Waals surface area contributed by atoms with Gasteiger partial charge in [-0.1, -0.05) is 6.92 Å². The van der Waals surface area contributed by atoms with E-state index in [9.17, 15) is 9.59 Å². The fraction of sp³-hybridized carbons (Fsp3) is 0.429. The van der Waals surface area contributed by atoms with Crippen LogP contribution >= 0.6 is 0 Å². The Morgan fingerprint density at radius 3 is 2.10 bits per heavy atom. The van der Waals surface area contributed by atoms with E-state index in [1.165, 1.54) is 7.11 Å². The van der Waals surface area contributed by atoms with Crippen molar-refractivity contribution in [1.82, 2.24) is 5.32 Å². The summed E-state index contributed by atoms with van der Waals surface area (Å²) in [6.07, 6.45) is 0.431. The average molecular weight is 279 g/mol. The molecule has 0 aliphatic rings. The molecule has 1 aromatic rings. The van der Waals surface area contributed by atoms with E-state index in [0.717, 1.165) is 6.54 Å². The zero-order valence-electron chi connectivity index (χ0n) is 11.9. The number of methoxy groups -OCH3 is 1. The molecule has 0 aliphatic carbocycles. The third kappa shape index (κ3) is 6.31. The lowest BCUT2D eigenvalue weighted by molar-refractivity contribution is -0.119. The van der Waals surface area contributed by atoms with Gasteiger partial charge in [0.2, 0.25) is 11.8 Å². The number of hydrogen-bond donors (Lipinski definition) is 3. The van der Waals surface area contributed by atoms with Gasteiger partial charge in [0, 0.05) is 31.5 Å². The van der Waals surface area contributed by atoms with Crippen LogP contribution in [-0.2, 0) is 14.3 Å². The zero-order chi connectivity index (χ0) is 14.8. The Kier molecular flexibility index (Phi) is 7.31. The lowest BCUT2D eigenvalue weighted by Gasteiger charge is -2.08. The number of hydrogen-bond acceptors (Lipinski definition) is 4. The Labute approximate surface area is 118 Å². The minimum atomic E-state index is -0.213. The molecule has 6 nitrogen and oxygen atoms in total. The predicted molar refractivity (Wildman–Crippen MR) is 78.7 cm³/mol. The van der Waals surface area contributed by atoms with Crippen molar-refractivity contribution in [2.45, 2.75) is 13.3 Å². The van der Waals surface area contributed by atoms with Gasteiger partial charge in [0.15, 0.2) is 0 Å². The van der Waals surface area contributed by atoms with Gasteiger partial charge in [-0.15, -0.1) is 0 Å². The molecule has 1 rings (SSSR count). The summed E-state index contributed by atoms with van der Waals surface area (Å²) in [5.74, 6) is -0.253. The highest BCUT2D eigenvalue weighted by Crippen LogP contribution is 2.13. The summed E-state index contributed by atoms with van der Waals surface area (Å²) in [4.78, 5) is 22.9. The Morgan fingerprint density at radius 2 is 1.60 bits per heavy atom. The van der Waals surface area contributed by atoms with Crippen LogP contribution in [0.4, 0.5) is 11.4 Å². The van der Waals surface area contributed by atoms with Crippen LogP contribution < -0.4 is 16.0 Å². The van der Waals surface area contributed by atoms with Crippen LogP contribution in [0.25, 0.3) is 0 Å². The number of carbonyl (C=O) groups is 2. The summed E-state index contributed by atoms with van der Waals surface area (Å²) in [5, 5.41) is 8.56. The van der Waals surface area contributed by atoms with Crippen molar-refractivity contribution in [1.29, 1.82) is 0 Å². The lowest BCUT2D eigenvalue weighted by Crippen LogP contribution is -2.21. The second kappa shape index (κ2) is 9.06. The van der Waals surface area contributed by atoms with Crippen LogP contribution in [0, 0.1) is 0 Å². The molecule has 1 aromatic carbocycles. The molecule has 0 heterocycles. The first kappa shape index (κ1) is 16.1. The summed E-state index contributed by atoms with van der Waals surface area (Å²) >= 11 is 0. The molecule has 0 radical (unpaired) electrons. The lowest BCUT2D eigenvalue weighted by atomic mass is 10.2. The smallest absolute Gasteiger partial charge is 0.250 e. The number of benzene rings is 1. The fourth-order valence-corrected chi connectivity index (χ4v) is 1.57. The number of ether oxygens (including phenoxy) is 1. The second-order valence-corrected chi connectivity index (χ2v) is 4.21. The third-order valence-corrected chi connectivity index (χ3v) is 2.51. The summed E-state index contributed by atoms with van der Waals surface area (Å²) in [6.45, 7) is 3.52. The summed E-state index contributed by atoms with van der Waals surface area (Å²) in [7, 11) is 1.46. The molecule has 0 spiro atoms. The topological polar surface area (TPSA) is 79.5 Å². The molecule has 2 amide bonds. The number of rotatable bonds is 8. The molecule has 110 valence electrons. The SMILES string of the molecule is CCNCCC(=O)Nc1ccc(NC(=O)COC)cc1. The molecule has 0 aromatic heterocycles. The van der Waals surface area contributed by atoms with Gasteiger partial charge >= 0.3 is 0 Å². The molecule has 0 unspecified atom stereocenters. The fourth-order valence-electron chi connectivity index (χ4n) is 1.57. The molecule has 0 fully saturated rings. The molecule has 0 saturated carbocycles. The highest BCUT2D eigenvalue weighted by Gasteiger charge is 2.03. The molecule has 20 heavy (non-hydrogen) atoms. The minimum absolute atomic E-state index is 0.0168. The van der Waals surface area contributed by atoms with Gasteiger partial charge in [0.05, 0.1) is 0 Å². The number of anilines is 2. The maximum absolute atomic E-state index is 11.6. The molecule has 6 heteroatoms. The summed E-state index contributed by atoms with van der Waals surface area (Å²) in [6, 6.07) is 6.95. The van der Waals surface area contributed by atoms with Gasteiger partial charge in [0.1, 0.15) is 6.61 Å². The Balaban J connectivity index is 2.42. The van der Waals surface area contributed by atoms with Crippen LogP contribution in [0.15, 0.2) is 24.3 Å². The third-order valence-electron chi connectivity index (χ3n) is 2.51. The quantitative estimate of drug-likeness (QED) is 0.625. The molecule has 3 N–H and O–H groups in total. The first-order valence-electron chi connectivity index (χ1n) is 6.55. The Hall–Kier alpha value is -1.92. The van der Waals surface area contributed by atoms with Crippen LogP contribution in [0.5, 0.6) is 0 Å². The summed E-state index contributed by atoms with van der Waals surface area (Å²) < 4.78 is 4.72. The minimum Gasteiger partial charge on any atom is -0.375 e. The molecule has 0 saturated heterocycles. The Bertz CT molecular complexity index is 432. The largest absolute Gasteiger partial charge is 0.375 e. The van der Waals surface area contributed by atoms with Crippen molar-refractivity contribution in [2.24, 2.45) is 0 Å². The van der Waals surface area contributed by atoms with Gasteiger partial charge in [-0.25, -0.2) is 0 Å². The predicted octanol–water partition coefficient (Wildman–Crippen LogP) is 1.21. The van der Waals surface area contributed by atoms with E-state index in [2.05, 4.69) is 16.0 Å². The van der Waals surface area contributed by atoms with E-state index < -0.39 is 0 Å². The van der Waals surface area contributed by atoms with E-state index in [-0.39, 0.29) is 18.4 Å². The highest BCUT2D eigenvalue weighted by atomic mass is 16.5. The number of carbonyl (C=O) groups excluding carboxylic acids is 2. The monoisotopic (exact) mass is 279 g/mol. The molecular formula is C14H21N3O3. The maximum Gasteiger partial charge on any atom is 0.250 e. The van der Waals surface area contributed by atoms with Crippen LogP contribution in [-0.4, -0.2) is 38.6 Å². The zero-order valence-corrected chi connectivity index (χ0v) is 11.9. The first-order chi connectivity index (χ1) is 9.65. The van der Waals surface area contributed by atoms with E-state index in [0.29, 0.717) is 24.3 Å². The molecular weight excluding hydrogens is 258 g/mol. The second-order valence-electron chi connectivity index (χ2n) is 4.21. The van der Waals surface area contributed by atoms with Crippen LogP contribution in [0.1, 0.15) is 13.3 Å². The van der Waals surface area contributed by atoms with E-state index in [1.54, 1.807) is 24.3 Å². The van der Waals surface area contributed by atoms with Crippen molar-refractivity contribution in [3.8, 4) is 0 Å². The Morgan fingerprint density at radius 1 is 1.05 bits per heavy atom. The van der Waals surface area contributed by atoms with Crippen molar-refractivity contribution in [2.75, 3.05) is 37.4 Å². The van der Waals surface area contributed by atoms with Crippen LogP contribution in [0.3, 0.4) is 0 Å². The first-order valence-corrected chi connectivity index (χ1v) is 6.55. The molecule has 0 aliphatic heterocycles. The van der Waals surface area contributed by atoms with Crippen LogP contribution in [0.2, 0.25) is 0 Å². The van der Waals surface area contributed by atoms with Gasteiger partial charge < -0.3 is 20.7 Å². The van der Waals surface area contributed by atoms with E-state index in [1.807, 2.05) is 6.92 Å². The summed E-state index contributed by atoms with van der Waals surface area (Å²) in [5.41, 5.74) is 1.37. The van der Waals surface area contributed by atoms with Gasteiger partial charge in [-0.2, -0.15) is 0 Å². The molecule has 0 bridgehead atoms. The average Bonchev–Trinajstić information content (AvgIpc) is 2.41. The van der Waals surface area contributed by atoms with Gasteiger partial charge in [0.25, 0.3) is 0 Å². The van der Waals surface area contributed by atoms with E-state index >= 15 is 0 Å². The number of amides is 2. The standard InChI is InChI=1S/C14H21N3O3/c1-3-15-9-8-13(18)16-11-4-6-12(7-5-11)17-14(19)10-20-2/h4-7,15H,3,8-10H2,1-2H3,(H,16,18)(H,17,19). The van der Waals surface area contributed by atoms with E-state index in [4.69, 9.17) is 4.74 Å². The van der Waals surface area contributed by atoms with Gasteiger partial charge in [-0.3, -0.25) is 9.59 Å². The molecule has 0 atom stereocenters.